The normalized spacial score (nSPS) is 26.4. The van der Waals surface area contributed by atoms with Gasteiger partial charge in [-0.15, -0.1) is 0 Å². The predicted molar refractivity (Wildman–Crippen MR) is 72.2 cm³/mol. The zero-order chi connectivity index (χ0) is 11.5. The Hall–Kier alpha value is -1.02. The zero-order valence-electron chi connectivity index (χ0n) is 10.5. The van der Waals surface area contributed by atoms with Crippen molar-refractivity contribution in [2.75, 3.05) is 24.5 Å². The third-order valence-electron chi connectivity index (χ3n) is 4.12. The van der Waals surface area contributed by atoms with E-state index in [4.69, 9.17) is 0 Å². The molecule has 3 rings (SSSR count). The minimum absolute atomic E-state index is 0.665. The van der Waals surface area contributed by atoms with E-state index in [1.807, 2.05) is 0 Å². The lowest BCUT2D eigenvalue weighted by Crippen LogP contribution is -2.47. The lowest BCUT2D eigenvalue weighted by molar-refractivity contribution is 0.167. The summed E-state index contributed by atoms with van der Waals surface area (Å²) in [6.45, 7) is 3.83. The predicted octanol–water partition coefficient (Wildman–Crippen LogP) is 3.10. The molecule has 1 aromatic rings. The quantitative estimate of drug-likeness (QED) is 0.770. The molecule has 0 N–H and O–H groups in total. The Morgan fingerprint density at radius 3 is 2.35 bits per heavy atom. The van der Waals surface area contributed by atoms with E-state index < -0.39 is 0 Å². The van der Waals surface area contributed by atoms with Gasteiger partial charge in [0.2, 0.25) is 0 Å². The van der Waals surface area contributed by atoms with E-state index in [1.165, 1.54) is 57.4 Å². The number of likely N-dealkylation sites (tertiary alicyclic amines) is 1. The molecule has 2 aliphatic heterocycles. The number of piperidine rings is 1. The van der Waals surface area contributed by atoms with Crippen LogP contribution in [0.15, 0.2) is 30.3 Å². The third-order valence-corrected chi connectivity index (χ3v) is 4.12. The molecule has 2 saturated heterocycles. The second kappa shape index (κ2) is 5.09. The van der Waals surface area contributed by atoms with Crippen molar-refractivity contribution in [1.82, 2.24) is 4.90 Å². The van der Waals surface area contributed by atoms with Gasteiger partial charge in [-0.3, -0.25) is 4.90 Å². The van der Waals surface area contributed by atoms with Gasteiger partial charge in [0.15, 0.2) is 0 Å². The van der Waals surface area contributed by atoms with Crippen LogP contribution in [0.3, 0.4) is 0 Å². The van der Waals surface area contributed by atoms with E-state index >= 15 is 0 Å². The van der Waals surface area contributed by atoms with Crippen molar-refractivity contribution in [1.29, 1.82) is 0 Å². The molecule has 0 amide bonds. The maximum absolute atomic E-state index is 2.70. The van der Waals surface area contributed by atoms with E-state index in [1.54, 1.807) is 0 Å². The topological polar surface area (TPSA) is 6.48 Å². The molecule has 0 radical (unpaired) electrons. The number of anilines is 1. The summed E-state index contributed by atoms with van der Waals surface area (Å²) in [7, 11) is 0. The number of benzene rings is 1. The van der Waals surface area contributed by atoms with E-state index in [9.17, 15) is 0 Å². The third kappa shape index (κ3) is 2.32. The molecule has 1 atom stereocenters. The standard InChI is InChI=1S/C15H22N2/c1-3-8-14(9-4-1)17-13-7-10-15(17)16-11-5-2-6-12-16/h1,3-4,8-9,15H,2,5-7,10-13H2. The highest BCUT2D eigenvalue weighted by molar-refractivity contribution is 5.47. The first-order chi connectivity index (χ1) is 8.45. The Morgan fingerprint density at radius 2 is 1.59 bits per heavy atom. The highest BCUT2D eigenvalue weighted by atomic mass is 15.4. The smallest absolute Gasteiger partial charge is 0.0821 e. The lowest BCUT2D eigenvalue weighted by atomic mass is 10.1. The lowest BCUT2D eigenvalue weighted by Gasteiger charge is -2.38. The van der Waals surface area contributed by atoms with Gasteiger partial charge >= 0.3 is 0 Å². The number of rotatable bonds is 2. The Bertz CT molecular complexity index is 343. The van der Waals surface area contributed by atoms with Crippen molar-refractivity contribution >= 4 is 5.69 Å². The molecule has 2 nitrogen and oxygen atoms in total. The highest BCUT2D eigenvalue weighted by Gasteiger charge is 2.30. The van der Waals surface area contributed by atoms with E-state index in [0.717, 1.165) is 0 Å². The summed E-state index contributed by atoms with van der Waals surface area (Å²) in [5.74, 6) is 0. The maximum atomic E-state index is 2.70. The van der Waals surface area contributed by atoms with Crippen molar-refractivity contribution in [3.05, 3.63) is 30.3 Å². The van der Waals surface area contributed by atoms with Gasteiger partial charge in [0.25, 0.3) is 0 Å². The average Bonchev–Trinajstić information content (AvgIpc) is 2.90. The molecule has 92 valence electrons. The fraction of sp³-hybridized carbons (Fsp3) is 0.600. The number of hydrogen-bond donors (Lipinski definition) is 0. The van der Waals surface area contributed by atoms with Gasteiger partial charge in [0.05, 0.1) is 6.17 Å². The van der Waals surface area contributed by atoms with Crippen molar-refractivity contribution in [2.45, 2.75) is 38.3 Å². The SMILES string of the molecule is c1ccc(N2CCCC2N2CCCCC2)cc1. The summed E-state index contributed by atoms with van der Waals surface area (Å²) < 4.78 is 0. The van der Waals surface area contributed by atoms with E-state index in [0.29, 0.717) is 6.17 Å². The molecule has 0 aromatic heterocycles. The monoisotopic (exact) mass is 230 g/mol. The first kappa shape index (κ1) is 11.1. The zero-order valence-corrected chi connectivity index (χ0v) is 10.5. The molecule has 0 bridgehead atoms. The Morgan fingerprint density at radius 1 is 0.824 bits per heavy atom. The first-order valence-corrected chi connectivity index (χ1v) is 7.01. The van der Waals surface area contributed by atoms with Gasteiger partial charge < -0.3 is 4.90 Å². The van der Waals surface area contributed by atoms with Crippen molar-refractivity contribution in [3.8, 4) is 0 Å². The maximum Gasteiger partial charge on any atom is 0.0821 e. The molecule has 1 aromatic carbocycles. The van der Waals surface area contributed by atoms with Crippen LogP contribution in [0.25, 0.3) is 0 Å². The van der Waals surface area contributed by atoms with Gasteiger partial charge in [-0.05, 0) is 37.8 Å². The summed E-state index contributed by atoms with van der Waals surface area (Å²) in [6, 6.07) is 10.9. The fourth-order valence-corrected chi connectivity index (χ4v) is 3.27. The molecule has 0 spiro atoms. The second-order valence-electron chi connectivity index (χ2n) is 5.25. The van der Waals surface area contributed by atoms with Crippen molar-refractivity contribution in [2.24, 2.45) is 0 Å². The molecule has 0 aliphatic carbocycles. The summed E-state index contributed by atoms with van der Waals surface area (Å²) in [4.78, 5) is 5.30. The molecule has 17 heavy (non-hydrogen) atoms. The van der Waals surface area contributed by atoms with Gasteiger partial charge in [0.1, 0.15) is 0 Å². The van der Waals surface area contributed by atoms with Crippen LogP contribution in [0, 0.1) is 0 Å². The molecule has 0 saturated carbocycles. The molecular formula is C15H22N2. The largest absolute Gasteiger partial charge is 0.356 e. The molecule has 2 heterocycles. The Labute approximate surface area is 104 Å². The Balaban J connectivity index is 1.75. The number of para-hydroxylation sites is 1. The number of nitrogens with zero attached hydrogens (tertiary/aromatic N) is 2. The second-order valence-corrected chi connectivity index (χ2v) is 5.25. The van der Waals surface area contributed by atoms with Crippen LogP contribution in [0.1, 0.15) is 32.1 Å². The van der Waals surface area contributed by atoms with Crippen LogP contribution in [0.2, 0.25) is 0 Å². The molecule has 2 heteroatoms. The molecule has 2 fully saturated rings. The van der Waals surface area contributed by atoms with Crippen molar-refractivity contribution in [3.63, 3.8) is 0 Å². The van der Waals surface area contributed by atoms with E-state index in [-0.39, 0.29) is 0 Å². The fourth-order valence-electron chi connectivity index (χ4n) is 3.27. The summed E-state index contributed by atoms with van der Waals surface area (Å²) in [6.07, 6.45) is 7.55. The summed E-state index contributed by atoms with van der Waals surface area (Å²) in [5, 5.41) is 0. The minimum Gasteiger partial charge on any atom is -0.356 e. The molecule has 1 unspecified atom stereocenters. The van der Waals surface area contributed by atoms with Gasteiger partial charge in [-0.25, -0.2) is 0 Å². The van der Waals surface area contributed by atoms with Gasteiger partial charge in [-0.2, -0.15) is 0 Å². The first-order valence-electron chi connectivity index (χ1n) is 7.01. The van der Waals surface area contributed by atoms with Crippen LogP contribution in [-0.4, -0.2) is 30.7 Å². The van der Waals surface area contributed by atoms with Crippen LogP contribution in [-0.2, 0) is 0 Å². The van der Waals surface area contributed by atoms with Crippen molar-refractivity contribution < 1.29 is 0 Å². The number of hydrogen-bond acceptors (Lipinski definition) is 2. The van der Waals surface area contributed by atoms with Crippen LogP contribution in [0.5, 0.6) is 0 Å². The summed E-state index contributed by atoms with van der Waals surface area (Å²) >= 11 is 0. The van der Waals surface area contributed by atoms with Crippen LogP contribution < -0.4 is 4.90 Å². The van der Waals surface area contributed by atoms with Crippen LogP contribution in [0.4, 0.5) is 5.69 Å². The minimum atomic E-state index is 0.665. The Kier molecular flexibility index (Phi) is 3.32. The highest BCUT2D eigenvalue weighted by Crippen LogP contribution is 2.28. The molecule has 2 aliphatic rings. The van der Waals surface area contributed by atoms with Gasteiger partial charge in [0, 0.05) is 25.3 Å². The summed E-state index contributed by atoms with van der Waals surface area (Å²) in [5.41, 5.74) is 1.40. The van der Waals surface area contributed by atoms with E-state index in [2.05, 4.69) is 40.1 Å². The van der Waals surface area contributed by atoms with Crippen LogP contribution >= 0.6 is 0 Å². The van der Waals surface area contributed by atoms with Gasteiger partial charge in [-0.1, -0.05) is 24.6 Å². The molecular weight excluding hydrogens is 208 g/mol. The average molecular weight is 230 g/mol.